The first-order valence-corrected chi connectivity index (χ1v) is 37.9. The van der Waals surface area contributed by atoms with Crippen molar-refractivity contribution < 1.29 is 75.4 Å². The van der Waals surface area contributed by atoms with Gasteiger partial charge in [0.05, 0.1) is 124 Å². The van der Waals surface area contributed by atoms with Crippen molar-refractivity contribution in [3.8, 4) is 33.6 Å². The third-order valence-electron chi connectivity index (χ3n) is 20.1. The number of benzene rings is 4. The molecule has 6 N–H and O–H groups in total. The molecule has 0 aliphatic carbocycles. The minimum atomic E-state index is -0.724. The lowest BCUT2D eigenvalue weighted by atomic mass is 9.79. The number of likely N-dealkylation sites (tertiary alicyclic amines) is 2. The van der Waals surface area contributed by atoms with Crippen molar-refractivity contribution in [3.63, 3.8) is 0 Å². The summed E-state index contributed by atoms with van der Waals surface area (Å²) in [6.07, 6.45) is 6.75. The summed E-state index contributed by atoms with van der Waals surface area (Å²) in [5.41, 5.74) is 6.64. The van der Waals surface area contributed by atoms with Gasteiger partial charge in [0, 0.05) is 36.1 Å². The van der Waals surface area contributed by atoms with Gasteiger partial charge in [-0.15, -0.1) is 10.2 Å². The Bertz CT molecular complexity index is 4690. The van der Waals surface area contributed by atoms with Crippen molar-refractivity contribution in [1.29, 1.82) is 0 Å². The molecule has 5 aliphatic rings. The first-order chi connectivity index (χ1) is 53.3. The molecule has 8 amide bonds. The second-order valence-corrected chi connectivity index (χ2v) is 30.6. The number of amides is 8. The molecule has 0 bridgehead atoms. The third-order valence-corrected chi connectivity index (χ3v) is 21.0. The number of nitrogens with one attached hydrogen (secondary N) is 6. The molecule has 0 radical (unpaired) electrons. The number of anilines is 2. The fraction of sp³-hybridized carbons (Fsp3) is 0.447. The lowest BCUT2D eigenvalue weighted by molar-refractivity contribution is -0.136. The number of rotatable bonds is 22. The summed E-state index contributed by atoms with van der Waals surface area (Å²) in [5, 5.41) is 26.5. The van der Waals surface area contributed by atoms with E-state index in [1.165, 1.54) is 54.7 Å². The van der Waals surface area contributed by atoms with Gasteiger partial charge in [0.1, 0.15) is 59.0 Å². The summed E-state index contributed by atoms with van der Waals surface area (Å²) in [6.45, 7) is 21.3. The van der Waals surface area contributed by atoms with Crippen molar-refractivity contribution in [2.45, 2.75) is 169 Å². The maximum atomic E-state index is 15.5. The van der Waals surface area contributed by atoms with E-state index in [0.29, 0.717) is 69.5 Å². The van der Waals surface area contributed by atoms with E-state index < -0.39 is 61.6 Å². The fourth-order valence-corrected chi connectivity index (χ4v) is 13.7. The highest BCUT2D eigenvalue weighted by Gasteiger charge is 2.52. The standard InChI is InChI=1S/C35H40FN9O6.C26H37BN4O5.C15H15FIN5O3/c1-20(2)31(40-34(48)50-4)33(47)44-13-5-6-30(44)32-38-16-29(39-32)23-9-7-22(8-10-23)27-12-11-25(14-28(27)36)45-19-26(51-35(45)49)18-43-17-24(41-42-43)15-37-21(3)46;1-16(2)21(30-24(33)34-7)23(32)31-14-8-9-20(31)22-28-15-19(29-22)17-10-12-18(13-11-17)27-35-25(3,4)26(5,6)36-27;1-9(23)18-5-10-6-21(20-19-10)7-12-8-22(15(24)25-12)11-2-3-14(17)13(16)4-11/h7-12,14,16-17,20,26,30-31H,5-6,13,15,18-19H2,1-4H3,(H,37,46)(H,38,39)(H,40,48);10-13,15-16,20-21H,8-9,14H2,1-7H3,(H,28,29)(H,30,33);2-4,6,12H,5,7-8H2,1H3,(H,18,23)/t26-,30-,31-;20-,21-;12-/m000/s1. The van der Waals surface area contributed by atoms with Crippen LogP contribution in [0.1, 0.15) is 130 Å². The number of hydrogen-bond acceptors (Lipinski definition) is 20. The van der Waals surface area contributed by atoms with Gasteiger partial charge in [-0.05, 0) is 146 Å². The van der Waals surface area contributed by atoms with Crippen molar-refractivity contribution in [2.75, 3.05) is 50.2 Å². The predicted molar refractivity (Wildman–Crippen MR) is 414 cm³/mol. The van der Waals surface area contributed by atoms with Gasteiger partial charge in [0.15, 0.2) is 0 Å². The monoisotopic (exact) mass is 1660 g/mol. The molecule has 6 atom stereocenters. The number of cyclic esters (lactones) is 2. The van der Waals surface area contributed by atoms with Crippen LogP contribution in [0.25, 0.3) is 33.6 Å². The average molecular weight is 1660 g/mol. The Kier molecular flexibility index (Phi) is 26.1. The Balaban J connectivity index is 0.000000177. The van der Waals surface area contributed by atoms with Gasteiger partial charge in [0.25, 0.3) is 0 Å². The van der Waals surface area contributed by atoms with Gasteiger partial charge in [-0.2, -0.15) is 0 Å². The number of ether oxygens (including phenoxy) is 4. The van der Waals surface area contributed by atoms with Crippen molar-refractivity contribution in [2.24, 2.45) is 11.8 Å². The molecule has 32 nitrogen and oxygen atoms in total. The number of H-pyrrole nitrogens is 2. The van der Waals surface area contributed by atoms with Crippen LogP contribution in [0.5, 0.6) is 0 Å². The Labute approximate surface area is 659 Å². The zero-order chi connectivity index (χ0) is 80.5. The van der Waals surface area contributed by atoms with E-state index in [4.69, 9.17) is 28.3 Å². The van der Waals surface area contributed by atoms with Crippen molar-refractivity contribution in [3.05, 3.63) is 148 Å². The van der Waals surface area contributed by atoms with E-state index in [1.54, 1.807) is 58.6 Å². The fourth-order valence-electron chi connectivity index (χ4n) is 13.4. The predicted octanol–water partition coefficient (Wildman–Crippen LogP) is 9.28. The quantitative estimate of drug-likeness (QED) is 0.0209. The van der Waals surface area contributed by atoms with Gasteiger partial charge in [-0.3, -0.25) is 29.0 Å². The SMILES string of the molecule is CC(=O)NCc1cn(C[C@H]2CN(c3ccc(I)c(F)c3)C(=O)O2)nn1.COC(=O)N[C@H](C(=O)N1CCC[C@H]1c1ncc(-c2ccc(-c3ccc(N4C[C@H](Cn5cc(CNC(C)=O)nn5)OC4=O)cc3F)cc2)[nH]1)C(C)C.COC(=O)N[C@H](C(=O)N1CCC[C@H]1c1ncc(-c2ccc(B3OC(C)(C)C(C)(C)O3)cc2)[nH]1)C(C)C. The van der Waals surface area contributed by atoms with E-state index in [0.717, 1.165) is 59.5 Å². The summed E-state index contributed by atoms with van der Waals surface area (Å²) >= 11 is 1.89. The van der Waals surface area contributed by atoms with E-state index in [9.17, 15) is 42.7 Å². The van der Waals surface area contributed by atoms with Gasteiger partial charge in [-0.25, -0.2) is 47.3 Å². The molecule has 8 aromatic rings. The van der Waals surface area contributed by atoms with Crippen LogP contribution in [-0.4, -0.2) is 191 Å². The van der Waals surface area contributed by atoms with Crippen LogP contribution in [0.15, 0.2) is 110 Å². The van der Waals surface area contributed by atoms with Crippen LogP contribution in [0, 0.1) is 27.0 Å². The molecule has 0 saturated carbocycles. The number of halogens is 3. The highest BCUT2D eigenvalue weighted by molar-refractivity contribution is 14.1. The highest BCUT2D eigenvalue weighted by Crippen LogP contribution is 2.39. The van der Waals surface area contributed by atoms with E-state index in [2.05, 4.69) is 61.8 Å². The molecular formula is C76H92BF2IN18O14. The minimum absolute atomic E-state index is 0.0764. The first-order valence-electron chi connectivity index (χ1n) is 36.8. The van der Waals surface area contributed by atoms with Crippen molar-refractivity contribution >= 4 is 94.5 Å². The number of carbonyl (C=O) groups is 8. The van der Waals surface area contributed by atoms with E-state index in [1.807, 2.05) is 131 Å². The van der Waals surface area contributed by atoms with E-state index in [-0.39, 0.29) is 90.7 Å². The maximum absolute atomic E-state index is 15.5. The van der Waals surface area contributed by atoms with Gasteiger partial charge < -0.3 is 69.3 Å². The topological polar surface area (TPSA) is 372 Å². The number of carbonyl (C=O) groups excluding carboxylic acids is 8. The largest absolute Gasteiger partial charge is 0.494 e. The molecule has 0 spiro atoms. The lowest BCUT2D eigenvalue weighted by Crippen LogP contribution is -2.51. The number of aromatic amines is 2. The molecule has 4 aromatic heterocycles. The molecule has 5 saturated heterocycles. The molecule has 594 valence electrons. The van der Waals surface area contributed by atoms with Gasteiger partial charge >= 0.3 is 31.5 Å². The minimum Gasteiger partial charge on any atom is -0.453 e. The zero-order valence-corrected chi connectivity index (χ0v) is 66.4. The summed E-state index contributed by atoms with van der Waals surface area (Å²) < 4.78 is 65.3. The molecule has 112 heavy (non-hydrogen) atoms. The van der Waals surface area contributed by atoms with Crippen LogP contribution in [0.4, 0.5) is 39.3 Å². The second kappa shape index (κ2) is 35.6. The molecule has 5 aliphatic heterocycles. The highest BCUT2D eigenvalue weighted by atomic mass is 127. The van der Waals surface area contributed by atoms with Crippen LogP contribution in [0.2, 0.25) is 0 Å². The zero-order valence-electron chi connectivity index (χ0n) is 64.3. The van der Waals surface area contributed by atoms with Crippen LogP contribution in [-0.2, 0) is 73.6 Å². The summed E-state index contributed by atoms with van der Waals surface area (Å²) in [5.74, 6) is -0.335. The average Bonchev–Trinajstić information content (AvgIpc) is 1.63. The smallest absolute Gasteiger partial charge is 0.453 e. The van der Waals surface area contributed by atoms with Crippen LogP contribution in [0.3, 0.4) is 0 Å². The Morgan fingerprint density at radius 1 is 0.607 bits per heavy atom. The molecule has 5 fully saturated rings. The molecule has 4 aromatic carbocycles. The number of imidazole rings is 2. The van der Waals surface area contributed by atoms with Crippen LogP contribution < -0.4 is 36.5 Å². The van der Waals surface area contributed by atoms with Gasteiger partial charge in [0.2, 0.25) is 23.6 Å². The molecular weight excluding hydrogens is 1560 g/mol. The Hall–Kier alpha value is -10.9. The van der Waals surface area contributed by atoms with Gasteiger partial charge in [-0.1, -0.05) is 86.7 Å². The Morgan fingerprint density at radius 2 is 1.03 bits per heavy atom. The second-order valence-electron chi connectivity index (χ2n) is 29.4. The lowest BCUT2D eigenvalue weighted by Gasteiger charge is -2.32. The number of methoxy groups -OCH3 is 2. The number of aromatic nitrogens is 10. The van der Waals surface area contributed by atoms with Crippen molar-refractivity contribution in [1.82, 2.24) is 81.0 Å². The maximum Gasteiger partial charge on any atom is 0.494 e. The number of nitrogens with zero attached hydrogens (tertiary/aromatic N) is 12. The summed E-state index contributed by atoms with van der Waals surface area (Å²) in [6, 6.07) is 22.8. The van der Waals surface area contributed by atoms with E-state index >= 15 is 4.39 Å². The Morgan fingerprint density at radius 3 is 1.44 bits per heavy atom. The number of alkyl carbamates (subject to hydrolysis) is 2. The first kappa shape index (κ1) is 82.1. The molecule has 0 unspecified atom stereocenters. The summed E-state index contributed by atoms with van der Waals surface area (Å²) in [7, 11) is 2.15. The molecule has 36 heteroatoms. The normalized spacial score (nSPS) is 18.8. The molecule has 13 rings (SSSR count). The third kappa shape index (κ3) is 19.7. The number of hydrogen-bond donors (Lipinski definition) is 6. The summed E-state index contributed by atoms with van der Waals surface area (Å²) in [4.78, 5) is 120. The van der Waals surface area contributed by atoms with Crippen LogP contribution >= 0.6 is 22.6 Å². The molecule has 9 heterocycles.